The van der Waals surface area contributed by atoms with Gasteiger partial charge in [-0.3, -0.25) is 15.1 Å². The maximum atomic E-state index is 11.4. The Kier molecular flexibility index (Phi) is 3.26. The number of nitrogens with one attached hydrogen (secondary N) is 1. The van der Waals surface area contributed by atoms with Crippen LogP contribution >= 0.6 is 0 Å². The number of nitrogens with two attached hydrogens (primary N) is 1. The molecule has 0 unspecified atom stereocenters. The molecule has 3 N–H and O–H groups in total. The number of carbonyl (C=O) groups excluding carboxylic acids is 1. The standard InChI is InChI=1S/C11H17N3O2/c1-14(8-3-2-4-8)7-10-9(5-6-16-10)11(15)13-12/h5-6,8H,2-4,7,12H2,1H3,(H,13,15). The lowest BCUT2D eigenvalue weighted by Gasteiger charge is -2.34. The molecule has 1 amide bonds. The van der Waals surface area contributed by atoms with Crippen molar-refractivity contribution in [2.45, 2.75) is 31.8 Å². The second-order valence-electron chi connectivity index (χ2n) is 4.23. The summed E-state index contributed by atoms with van der Waals surface area (Å²) in [7, 11) is 2.05. The van der Waals surface area contributed by atoms with Crippen LogP contribution in [0.4, 0.5) is 0 Å². The zero-order chi connectivity index (χ0) is 11.5. The lowest BCUT2D eigenvalue weighted by atomic mass is 9.92. The summed E-state index contributed by atoms with van der Waals surface area (Å²) in [5.41, 5.74) is 2.64. The molecule has 0 spiro atoms. The van der Waals surface area contributed by atoms with Crippen molar-refractivity contribution >= 4 is 5.91 Å². The molecule has 1 heterocycles. The van der Waals surface area contributed by atoms with Gasteiger partial charge in [-0.2, -0.15) is 0 Å². The van der Waals surface area contributed by atoms with Crippen molar-refractivity contribution in [2.75, 3.05) is 7.05 Å². The largest absolute Gasteiger partial charge is 0.467 e. The first kappa shape index (κ1) is 11.2. The van der Waals surface area contributed by atoms with Gasteiger partial charge in [0.05, 0.1) is 18.4 Å². The van der Waals surface area contributed by atoms with Crippen LogP contribution in [0.1, 0.15) is 35.4 Å². The number of hydrazine groups is 1. The summed E-state index contributed by atoms with van der Waals surface area (Å²) < 4.78 is 5.32. The highest BCUT2D eigenvalue weighted by Crippen LogP contribution is 2.25. The molecule has 5 heteroatoms. The van der Waals surface area contributed by atoms with E-state index in [4.69, 9.17) is 10.3 Å². The predicted octanol–water partition coefficient (Wildman–Crippen LogP) is 0.867. The maximum Gasteiger partial charge on any atom is 0.268 e. The van der Waals surface area contributed by atoms with Gasteiger partial charge in [-0.25, -0.2) is 5.84 Å². The van der Waals surface area contributed by atoms with Gasteiger partial charge in [0.25, 0.3) is 5.91 Å². The SMILES string of the molecule is CN(Cc1occc1C(=O)NN)C1CCC1. The minimum absolute atomic E-state index is 0.300. The first-order valence-corrected chi connectivity index (χ1v) is 5.50. The molecule has 0 bridgehead atoms. The minimum Gasteiger partial charge on any atom is -0.467 e. The van der Waals surface area contributed by atoms with Gasteiger partial charge in [-0.1, -0.05) is 6.42 Å². The van der Waals surface area contributed by atoms with Crippen molar-refractivity contribution in [3.05, 3.63) is 23.7 Å². The van der Waals surface area contributed by atoms with Crippen LogP contribution in [0, 0.1) is 0 Å². The molecule has 1 aliphatic carbocycles. The Morgan fingerprint density at radius 3 is 3.00 bits per heavy atom. The molecule has 1 fully saturated rings. The van der Waals surface area contributed by atoms with Crippen LogP contribution in [0.2, 0.25) is 0 Å². The summed E-state index contributed by atoms with van der Waals surface area (Å²) in [5.74, 6) is 5.48. The maximum absolute atomic E-state index is 11.4. The zero-order valence-corrected chi connectivity index (χ0v) is 9.40. The molecular formula is C11H17N3O2. The van der Waals surface area contributed by atoms with Crippen molar-refractivity contribution in [1.29, 1.82) is 0 Å². The summed E-state index contributed by atoms with van der Waals surface area (Å²) in [5, 5.41) is 0. The van der Waals surface area contributed by atoms with Gasteiger partial charge in [-0.05, 0) is 26.0 Å². The van der Waals surface area contributed by atoms with Crippen molar-refractivity contribution < 1.29 is 9.21 Å². The van der Waals surface area contributed by atoms with E-state index in [0.717, 1.165) is 0 Å². The van der Waals surface area contributed by atoms with E-state index >= 15 is 0 Å². The van der Waals surface area contributed by atoms with Gasteiger partial charge in [-0.15, -0.1) is 0 Å². The smallest absolute Gasteiger partial charge is 0.268 e. The van der Waals surface area contributed by atoms with E-state index in [1.807, 2.05) is 0 Å². The molecule has 0 aliphatic heterocycles. The normalized spacial score (nSPS) is 16.2. The van der Waals surface area contributed by atoms with Crippen molar-refractivity contribution in [2.24, 2.45) is 5.84 Å². The van der Waals surface area contributed by atoms with E-state index in [1.54, 1.807) is 6.07 Å². The summed E-state index contributed by atoms with van der Waals surface area (Å²) in [6.45, 7) is 0.653. The van der Waals surface area contributed by atoms with Crippen LogP contribution in [-0.4, -0.2) is 23.9 Å². The molecule has 0 saturated heterocycles. The summed E-state index contributed by atoms with van der Waals surface area (Å²) >= 11 is 0. The van der Waals surface area contributed by atoms with Crippen LogP contribution in [0.15, 0.2) is 16.7 Å². The van der Waals surface area contributed by atoms with Crippen LogP contribution in [0.25, 0.3) is 0 Å². The lowest BCUT2D eigenvalue weighted by Crippen LogP contribution is -2.37. The third-order valence-corrected chi connectivity index (χ3v) is 3.21. The fraction of sp³-hybridized carbons (Fsp3) is 0.545. The highest BCUT2D eigenvalue weighted by molar-refractivity contribution is 5.94. The zero-order valence-electron chi connectivity index (χ0n) is 9.40. The minimum atomic E-state index is -0.300. The monoisotopic (exact) mass is 223 g/mol. The summed E-state index contributed by atoms with van der Waals surface area (Å²) in [6, 6.07) is 2.27. The number of rotatable bonds is 4. The average molecular weight is 223 g/mol. The van der Waals surface area contributed by atoms with Crippen molar-refractivity contribution in [3.63, 3.8) is 0 Å². The van der Waals surface area contributed by atoms with Crippen LogP contribution < -0.4 is 11.3 Å². The highest BCUT2D eigenvalue weighted by atomic mass is 16.3. The van der Waals surface area contributed by atoms with E-state index in [0.29, 0.717) is 23.9 Å². The fourth-order valence-electron chi connectivity index (χ4n) is 1.93. The van der Waals surface area contributed by atoms with E-state index in [2.05, 4.69) is 17.4 Å². The van der Waals surface area contributed by atoms with Crippen LogP contribution in [-0.2, 0) is 6.54 Å². The van der Waals surface area contributed by atoms with Gasteiger partial charge < -0.3 is 4.42 Å². The Morgan fingerprint density at radius 1 is 1.69 bits per heavy atom. The second-order valence-corrected chi connectivity index (χ2v) is 4.23. The molecule has 0 atom stereocenters. The first-order valence-electron chi connectivity index (χ1n) is 5.50. The quantitative estimate of drug-likeness (QED) is 0.451. The number of carbonyl (C=O) groups is 1. The number of hydrogen-bond acceptors (Lipinski definition) is 4. The number of amides is 1. The molecule has 5 nitrogen and oxygen atoms in total. The van der Waals surface area contributed by atoms with Crippen molar-refractivity contribution in [1.82, 2.24) is 10.3 Å². The highest BCUT2D eigenvalue weighted by Gasteiger charge is 2.24. The number of hydrogen-bond donors (Lipinski definition) is 2. The number of nitrogens with zero attached hydrogens (tertiary/aromatic N) is 1. The third kappa shape index (κ3) is 2.10. The molecule has 1 saturated carbocycles. The van der Waals surface area contributed by atoms with Crippen molar-refractivity contribution in [3.8, 4) is 0 Å². The fourth-order valence-corrected chi connectivity index (χ4v) is 1.93. The van der Waals surface area contributed by atoms with Crippen LogP contribution in [0.3, 0.4) is 0 Å². The molecular weight excluding hydrogens is 206 g/mol. The summed E-state index contributed by atoms with van der Waals surface area (Å²) in [4.78, 5) is 13.6. The Bertz CT molecular complexity index is 371. The first-order chi connectivity index (χ1) is 7.72. The van der Waals surface area contributed by atoms with E-state index in [9.17, 15) is 4.79 Å². The second kappa shape index (κ2) is 4.67. The molecule has 1 aromatic rings. The van der Waals surface area contributed by atoms with Crippen LogP contribution in [0.5, 0.6) is 0 Å². The topological polar surface area (TPSA) is 71.5 Å². The molecule has 16 heavy (non-hydrogen) atoms. The molecule has 2 rings (SSSR count). The predicted molar refractivity (Wildman–Crippen MR) is 59.5 cm³/mol. The molecule has 0 aromatic carbocycles. The molecule has 1 aliphatic rings. The Hall–Kier alpha value is -1.33. The van der Waals surface area contributed by atoms with E-state index in [1.165, 1.54) is 25.5 Å². The molecule has 88 valence electrons. The molecule has 1 aromatic heterocycles. The van der Waals surface area contributed by atoms with Gasteiger partial charge in [0.2, 0.25) is 0 Å². The van der Waals surface area contributed by atoms with Gasteiger partial charge in [0.15, 0.2) is 0 Å². The Labute approximate surface area is 94.6 Å². The van der Waals surface area contributed by atoms with Gasteiger partial charge in [0, 0.05) is 6.04 Å². The number of furan rings is 1. The van der Waals surface area contributed by atoms with Gasteiger partial charge >= 0.3 is 0 Å². The number of nitrogen functional groups attached to an aromatic ring is 1. The van der Waals surface area contributed by atoms with Gasteiger partial charge in [0.1, 0.15) is 5.76 Å². The summed E-state index contributed by atoms with van der Waals surface area (Å²) in [6.07, 6.45) is 5.28. The molecule has 0 radical (unpaired) electrons. The Morgan fingerprint density at radius 2 is 2.44 bits per heavy atom. The Balaban J connectivity index is 2.03. The third-order valence-electron chi connectivity index (χ3n) is 3.21. The van der Waals surface area contributed by atoms with E-state index < -0.39 is 0 Å². The average Bonchev–Trinajstić information content (AvgIpc) is 2.62. The lowest BCUT2D eigenvalue weighted by molar-refractivity contribution is 0.0946. The van der Waals surface area contributed by atoms with E-state index in [-0.39, 0.29) is 5.91 Å².